The predicted molar refractivity (Wildman–Crippen MR) is 109 cm³/mol. The molecule has 0 saturated heterocycles. The summed E-state index contributed by atoms with van der Waals surface area (Å²) in [7, 11) is 0. The molecule has 0 unspecified atom stereocenters. The maximum absolute atomic E-state index is 13.0. The number of nitrogens with zero attached hydrogens (tertiary/aromatic N) is 5. The molecule has 1 amide bonds. The summed E-state index contributed by atoms with van der Waals surface area (Å²) in [6.45, 7) is -0.326. The first-order valence-corrected chi connectivity index (χ1v) is 9.45. The van der Waals surface area contributed by atoms with E-state index in [1.165, 1.54) is 12.3 Å². The van der Waals surface area contributed by atoms with Crippen LogP contribution in [-0.4, -0.2) is 53.9 Å². The number of rotatable bonds is 7. The second kappa shape index (κ2) is 8.98. The number of fused-ring (bicyclic) bond motifs is 1. The number of aliphatic hydroxyl groups is 1. The standard InChI is InChI=1S/C19H15ClFN7O3/c20-12-2-1-6-22-15(12)17-26-16-11(9-24-28-16)19(27-17)31-13(5-7-29)18(30)25-14-4-3-10(21)8-23-14/h1-4,6,8-9,13,29H,5,7H2,(H,23,25,30)(H,24,26,27,28)/t13-/m0/s1. The van der Waals surface area contributed by atoms with Crippen LogP contribution in [-0.2, 0) is 4.79 Å². The van der Waals surface area contributed by atoms with E-state index in [0.29, 0.717) is 21.7 Å². The molecule has 4 aromatic rings. The summed E-state index contributed by atoms with van der Waals surface area (Å²) in [6.07, 6.45) is 2.80. The van der Waals surface area contributed by atoms with Gasteiger partial charge in [0.25, 0.3) is 5.91 Å². The highest BCUT2D eigenvalue weighted by Crippen LogP contribution is 2.28. The van der Waals surface area contributed by atoms with Crippen molar-refractivity contribution in [3.05, 3.63) is 53.7 Å². The van der Waals surface area contributed by atoms with Crippen molar-refractivity contribution in [1.82, 2.24) is 30.1 Å². The lowest BCUT2D eigenvalue weighted by Crippen LogP contribution is -2.34. The van der Waals surface area contributed by atoms with Crippen LogP contribution in [0.15, 0.2) is 42.9 Å². The molecule has 158 valence electrons. The molecule has 1 atom stereocenters. The summed E-state index contributed by atoms with van der Waals surface area (Å²) >= 11 is 6.20. The van der Waals surface area contributed by atoms with Gasteiger partial charge in [-0.15, -0.1) is 0 Å². The van der Waals surface area contributed by atoms with Crippen LogP contribution in [0, 0.1) is 5.82 Å². The van der Waals surface area contributed by atoms with Crippen LogP contribution in [0.3, 0.4) is 0 Å². The Balaban J connectivity index is 1.66. The molecule has 4 rings (SSSR count). The summed E-state index contributed by atoms with van der Waals surface area (Å²) in [5.41, 5.74) is 0.675. The normalized spacial score (nSPS) is 12.0. The van der Waals surface area contributed by atoms with Gasteiger partial charge in [0.2, 0.25) is 5.88 Å². The first kappa shape index (κ1) is 20.6. The van der Waals surface area contributed by atoms with Gasteiger partial charge in [-0.1, -0.05) is 11.6 Å². The first-order chi connectivity index (χ1) is 15.0. The van der Waals surface area contributed by atoms with Gasteiger partial charge in [0.05, 0.1) is 17.4 Å². The zero-order chi connectivity index (χ0) is 21.8. The number of aliphatic hydroxyl groups excluding tert-OH is 1. The Kier molecular flexibility index (Phi) is 5.96. The van der Waals surface area contributed by atoms with Gasteiger partial charge in [0.1, 0.15) is 22.7 Å². The van der Waals surface area contributed by atoms with E-state index in [1.54, 1.807) is 18.3 Å². The molecule has 4 heterocycles. The second-order valence-corrected chi connectivity index (χ2v) is 6.70. The highest BCUT2D eigenvalue weighted by molar-refractivity contribution is 6.32. The minimum absolute atomic E-state index is 0.0317. The van der Waals surface area contributed by atoms with Crippen molar-refractivity contribution in [1.29, 1.82) is 0 Å². The fraction of sp³-hybridized carbons (Fsp3) is 0.158. The molecule has 31 heavy (non-hydrogen) atoms. The van der Waals surface area contributed by atoms with Gasteiger partial charge in [-0.2, -0.15) is 10.1 Å². The number of amides is 1. The summed E-state index contributed by atoms with van der Waals surface area (Å²) in [5.74, 6) is -0.780. The predicted octanol–water partition coefficient (Wildman–Crippen LogP) is 2.37. The number of hydrogen-bond donors (Lipinski definition) is 3. The number of ether oxygens (including phenoxy) is 1. The Hall–Kier alpha value is -3.70. The Morgan fingerprint density at radius 3 is 2.87 bits per heavy atom. The van der Waals surface area contributed by atoms with Crippen LogP contribution in [0.5, 0.6) is 5.88 Å². The Bertz CT molecular complexity index is 1220. The van der Waals surface area contributed by atoms with Crippen molar-refractivity contribution in [2.45, 2.75) is 12.5 Å². The van der Waals surface area contributed by atoms with E-state index < -0.39 is 17.8 Å². The average Bonchev–Trinajstić information content (AvgIpc) is 3.24. The third kappa shape index (κ3) is 4.57. The lowest BCUT2D eigenvalue weighted by molar-refractivity contribution is -0.123. The third-order valence-electron chi connectivity index (χ3n) is 4.16. The smallest absolute Gasteiger partial charge is 0.266 e. The molecule has 12 heteroatoms. The van der Waals surface area contributed by atoms with E-state index >= 15 is 0 Å². The van der Waals surface area contributed by atoms with Gasteiger partial charge in [0.15, 0.2) is 17.6 Å². The van der Waals surface area contributed by atoms with Crippen molar-refractivity contribution in [2.75, 3.05) is 11.9 Å². The molecule has 0 aliphatic carbocycles. The maximum Gasteiger partial charge on any atom is 0.266 e. The van der Waals surface area contributed by atoms with Crippen molar-refractivity contribution >= 4 is 34.4 Å². The Labute approximate surface area is 179 Å². The number of H-pyrrole nitrogens is 1. The van der Waals surface area contributed by atoms with Gasteiger partial charge < -0.3 is 15.2 Å². The number of halogens is 2. The minimum atomic E-state index is -1.13. The molecule has 0 aliphatic rings. The van der Waals surface area contributed by atoms with E-state index in [2.05, 4.69) is 35.5 Å². The summed E-state index contributed by atoms with van der Waals surface area (Å²) in [5, 5.41) is 19.3. The molecule has 0 radical (unpaired) electrons. The summed E-state index contributed by atoms with van der Waals surface area (Å²) in [6, 6.07) is 5.78. The zero-order valence-corrected chi connectivity index (χ0v) is 16.5. The highest BCUT2D eigenvalue weighted by Gasteiger charge is 2.24. The fourth-order valence-corrected chi connectivity index (χ4v) is 2.91. The molecule has 0 bridgehead atoms. The summed E-state index contributed by atoms with van der Waals surface area (Å²) < 4.78 is 18.9. The fourth-order valence-electron chi connectivity index (χ4n) is 2.71. The van der Waals surface area contributed by atoms with Gasteiger partial charge in [-0.05, 0) is 24.3 Å². The first-order valence-electron chi connectivity index (χ1n) is 9.07. The van der Waals surface area contributed by atoms with Crippen LogP contribution in [0.2, 0.25) is 5.02 Å². The molecular formula is C19H15ClFN7O3. The van der Waals surface area contributed by atoms with Gasteiger partial charge in [-0.25, -0.2) is 14.4 Å². The van der Waals surface area contributed by atoms with Crippen LogP contribution in [0.25, 0.3) is 22.6 Å². The Morgan fingerprint density at radius 2 is 2.13 bits per heavy atom. The number of carbonyl (C=O) groups excluding carboxylic acids is 1. The van der Waals surface area contributed by atoms with Crippen LogP contribution in [0.1, 0.15) is 6.42 Å². The largest absolute Gasteiger partial charge is 0.464 e. The maximum atomic E-state index is 13.0. The summed E-state index contributed by atoms with van der Waals surface area (Å²) in [4.78, 5) is 29.4. The molecule has 4 aromatic heterocycles. The monoisotopic (exact) mass is 443 g/mol. The molecule has 10 nitrogen and oxygen atoms in total. The van der Waals surface area contributed by atoms with Crippen LogP contribution >= 0.6 is 11.6 Å². The zero-order valence-electron chi connectivity index (χ0n) is 15.8. The van der Waals surface area contributed by atoms with Crippen LogP contribution < -0.4 is 10.1 Å². The van der Waals surface area contributed by atoms with E-state index in [0.717, 1.165) is 12.3 Å². The number of aromatic nitrogens is 6. The topological polar surface area (TPSA) is 139 Å². The number of anilines is 1. The van der Waals surface area contributed by atoms with Crippen molar-refractivity contribution in [3.8, 4) is 17.4 Å². The molecular weight excluding hydrogens is 429 g/mol. The van der Waals surface area contributed by atoms with E-state index in [1.807, 2.05) is 0 Å². The van der Waals surface area contributed by atoms with Crippen LogP contribution in [0.4, 0.5) is 10.2 Å². The SMILES string of the molecule is O=C(Nc1ccc(F)cn1)[C@H](CCO)Oc1nc(-c2ncccc2Cl)nc2[nH]ncc12. The van der Waals surface area contributed by atoms with Crippen molar-refractivity contribution in [2.24, 2.45) is 0 Å². The van der Waals surface area contributed by atoms with E-state index in [9.17, 15) is 14.3 Å². The quantitative estimate of drug-likeness (QED) is 0.395. The second-order valence-electron chi connectivity index (χ2n) is 6.29. The molecule has 0 fully saturated rings. The molecule has 0 spiro atoms. The van der Waals surface area contributed by atoms with Gasteiger partial charge in [0, 0.05) is 19.2 Å². The highest BCUT2D eigenvalue weighted by atomic mass is 35.5. The molecule has 0 saturated carbocycles. The van der Waals surface area contributed by atoms with Gasteiger partial charge in [-0.3, -0.25) is 14.9 Å². The average molecular weight is 444 g/mol. The van der Waals surface area contributed by atoms with Gasteiger partial charge >= 0.3 is 0 Å². The number of carbonyl (C=O) groups is 1. The van der Waals surface area contributed by atoms with E-state index in [-0.39, 0.29) is 30.5 Å². The Morgan fingerprint density at radius 1 is 1.26 bits per heavy atom. The van der Waals surface area contributed by atoms with Crippen molar-refractivity contribution in [3.63, 3.8) is 0 Å². The number of pyridine rings is 2. The minimum Gasteiger partial charge on any atom is -0.464 e. The third-order valence-corrected chi connectivity index (χ3v) is 4.47. The number of hydrogen-bond acceptors (Lipinski definition) is 8. The molecule has 0 aliphatic heterocycles. The number of aromatic amines is 1. The molecule has 3 N–H and O–H groups in total. The number of nitrogens with one attached hydrogen (secondary N) is 2. The lowest BCUT2D eigenvalue weighted by Gasteiger charge is -2.18. The van der Waals surface area contributed by atoms with Crippen molar-refractivity contribution < 1.29 is 19.0 Å². The lowest BCUT2D eigenvalue weighted by atomic mass is 10.2. The molecule has 0 aromatic carbocycles. The van der Waals surface area contributed by atoms with E-state index in [4.69, 9.17) is 16.3 Å².